The van der Waals surface area contributed by atoms with E-state index in [2.05, 4.69) is 58.2 Å². The summed E-state index contributed by atoms with van der Waals surface area (Å²) in [6, 6.07) is 14.7. The molecule has 0 amide bonds. The minimum atomic E-state index is 0.414. The number of rotatable bonds is 4. The fraction of sp³-hybridized carbons (Fsp3) is 0.318. The topological polar surface area (TPSA) is 41.9 Å². The molecule has 0 spiro atoms. The van der Waals surface area contributed by atoms with Crippen LogP contribution in [0.4, 0.5) is 0 Å². The van der Waals surface area contributed by atoms with Gasteiger partial charge in [-0.25, -0.2) is 0 Å². The molecule has 1 aromatic carbocycles. The Labute approximate surface area is 155 Å². The molecule has 4 heteroatoms. The highest BCUT2D eigenvalue weighted by Gasteiger charge is 2.25. The van der Waals surface area contributed by atoms with Crippen molar-refractivity contribution in [3.05, 3.63) is 78.0 Å². The van der Waals surface area contributed by atoms with Crippen LogP contribution in [0.3, 0.4) is 0 Å². The van der Waals surface area contributed by atoms with Gasteiger partial charge < -0.3 is 0 Å². The van der Waals surface area contributed by atoms with Gasteiger partial charge >= 0.3 is 0 Å². The highest BCUT2D eigenvalue weighted by atomic mass is 15.1. The monoisotopic (exact) mass is 344 g/mol. The van der Waals surface area contributed by atoms with Crippen molar-refractivity contribution < 1.29 is 0 Å². The van der Waals surface area contributed by atoms with Gasteiger partial charge in [0, 0.05) is 43.2 Å². The van der Waals surface area contributed by atoms with Crippen LogP contribution in [0.25, 0.3) is 11.3 Å². The van der Waals surface area contributed by atoms with Crippen LogP contribution in [0, 0.1) is 6.92 Å². The zero-order valence-electron chi connectivity index (χ0n) is 15.2. The molecule has 0 unspecified atom stereocenters. The Morgan fingerprint density at radius 2 is 1.92 bits per heavy atom. The van der Waals surface area contributed by atoms with Crippen molar-refractivity contribution >= 4 is 0 Å². The molecule has 132 valence electrons. The predicted octanol–water partition coefficient (Wildman–Crippen LogP) is 4.23. The Balaban J connectivity index is 1.57. The maximum atomic E-state index is 4.75. The lowest BCUT2D eigenvalue weighted by Gasteiger charge is -2.32. The summed E-state index contributed by atoms with van der Waals surface area (Å²) >= 11 is 0. The van der Waals surface area contributed by atoms with Crippen LogP contribution in [0.5, 0.6) is 0 Å². The Kier molecular flexibility index (Phi) is 5.02. The van der Waals surface area contributed by atoms with Gasteiger partial charge in [0.1, 0.15) is 0 Å². The summed E-state index contributed by atoms with van der Waals surface area (Å²) in [7, 11) is 0. The average molecular weight is 344 g/mol. The number of piperidine rings is 1. The summed E-state index contributed by atoms with van der Waals surface area (Å²) in [6.07, 6.45) is 7.84. The van der Waals surface area contributed by atoms with Crippen LogP contribution < -0.4 is 0 Å². The van der Waals surface area contributed by atoms with Gasteiger partial charge in [-0.15, -0.1) is 0 Å². The van der Waals surface area contributed by atoms with Crippen LogP contribution in [0.15, 0.2) is 61.1 Å². The first kappa shape index (κ1) is 16.9. The fourth-order valence-corrected chi connectivity index (χ4v) is 3.81. The van der Waals surface area contributed by atoms with Gasteiger partial charge in [0.2, 0.25) is 0 Å². The standard InChI is InChI=1S/C22H24N4/c1-17-6-4-7-18(14-17)21-22(25-12-11-24-21)19-8-5-13-26(15-19)16-20-9-2-3-10-23-20/h2-4,6-7,9-12,14,19H,5,8,13,15-16H2,1H3/t19-/m0/s1. The largest absolute Gasteiger partial charge is 0.297 e. The molecule has 3 aromatic rings. The van der Waals surface area contributed by atoms with Crippen LogP contribution >= 0.6 is 0 Å². The summed E-state index contributed by atoms with van der Waals surface area (Å²) in [5.41, 5.74) is 5.70. The van der Waals surface area contributed by atoms with Gasteiger partial charge in [0.15, 0.2) is 0 Å². The number of aromatic nitrogens is 3. The van der Waals surface area contributed by atoms with Crippen molar-refractivity contribution in [3.8, 4) is 11.3 Å². The van der Waals surface area contributed by atoms with Gasteiger partial charge in [-0.3, -0.25) is 19.9 Å². The third-order valence-electron chi connectivity index (χ3n) is 5.02. The molecule has 1 atom stereocenters. The van der Waals surface area contributed by atoms with Crippen LogP contribution in [0.2, 0.25) is 0 Å². The minimum absolute atomic E-state index is 0.414. The van der Waals surface area contributed by atoms with E-state index in [1.165, 1.54) is 12.0 Å². The number of benzene rings is 1. The van der Waals surface area contributed by atoms with Crippen molar-refractivity contribution in [1.82, 2.24) is 19.9 Å². The lowest BCUT2D eigenvalue weighted by atomic mass is 9.91. The third-order valence-corrected chi connectivity index (χ3v) is 5.02. The smallest absolute Gasteiger partial charge is 0.0920 e. The van der Waals surface area contributed by atoms with Crippen molar-refractivity contribution in [1.29, 1.82) is 0 Å². The number of hydrogen-bond donors (Lipinski definition) is 0. The lowest BCUT2D eigenvalue weighted by Crippen LogP contribution is -2.34. The maximum Gasteiger partial charge on any atom is 0.0920 e. The van der Waals surface area contributed by atoms with E-state index in [0.717, 1.165) is 48.7 Å². The van der Waals surface area contributed by atoms with E-state index < -0.39 is 0 Å². The lowest BCUT2D eigenvalue weighted by molar-refractivity contribution is 0.196. The molecule has 1 saturated heterocycles. The second-order valence-corrected chi connectivity index (χ2v) is 7.06. The van der Waals surface area contributed by atoms with E-state index in [1.807, 2.05) is 18.5 Å². The van der Waals surface area contributed by atoms with E-state index in [0.29, 0.717) is 5.92 Å². The fourth-order valence-electron chi connectivity index (χ4n) is 3.81. The second kappa shape index (κ2) is 7.75. The van der Waals surface area contributed by atoms with Gasteiger partial charge in [0.05, 0.1) is 17.1 Å². The Morgan fingerprint density at radius 1 is 1.00 bits per heavy atom. The molecule has 4 nitrogen and oxygen atoms in total. The molecule has 1 aliphatic heterocycles. The van der Waals surface area contributed by atoms with Gasteiger partial charge in [-0.05, 0) is 44.5 Å². The number of nitrogens with zero attached hydrogens (tertiary/aromatic N) is 4. The molecule has 0 bridgehead atoms. The molecule has 0 saturated carbocycles. The highest BCUT2D eigenvalue weighted by Crippen LogP contribution is 2.32. The Hall–Kier alpha value is -2.59. The number of hydrogen-bond acceptors (Lipinski definition) is 4. The average Bonchev–Trinajstić information content (AvgIpc) is 2.69. The maximum absolute atomic E-state index is 4.75. The summed E-state index contributed by atoms with van der Waals surface area (Å²) in [4.78, 5) is 16.4. The summed E-state index contributed by atoms with van der Waals surface area (Å²) < 4.78 is 0. The van der Waals surface area contributed by atoms with Crippen LogP contribution in [-0.4, -0.2) is 32.9 Å². The zero-order valence-corrected chi connectivity index (χ0v) is 15.2. The van der Waals surface area contributed by atoms with Gasteiger partial charge in [-0.2, -0.15) is 0 Å². The summed E-state index contributed by atoms with van der Waals surface area (Å²) in [5, 5.41) is 0. The van der Waals surface area contributed by atoms with Crippen molar-refractivity contribution in [2.75, 3.05) is 13.1 Å². The quantitative estimate of drug-likeness (QED) is 0.710. The molecule has 26 heavy (non-hydrogen) atoms. The van der Waals surface area contributed by atoms with E-state index in [1.54, 1.807) is 6.20 Å². The molecular weight excluding hydrogens is 320 g/mol. The van der Waals surface area contributed by atoms with E-state index in [9.17, 15) is 0 Å². The zero-order chi connectivity index (χ0) is 17.8. The molecule has 0 N–H and O–H groups in total. The predicted molar refractivity (Wildman–Crippen MR) is 104 cm³/mol. The molecular formula is C22H24N4. The third kappa shape index (κ3) is 3.81. The first-order valence-corrected chi connectivity index (χ1v) is 9.30. The van der Waals surface area contributed by atoms with Crippen molar-refractivity contribution in [2.45, 2.75) is 32.2 Å². The Morgan fingerprint density at radius 3 is 2.77 bits per heavy atom. The first-order chi connectivity index (χ1) is 12.8. The van der Waals surface area contributed by atoms with E-state index >= 15 is 0 Å². The highest BCUT2D eigenvalue weighted by molar-refractivity contribution is 5.63. The van der Waals surface area contributed by atoms with Crippen LogP contribution in [-0.2, 0) is 6.54 Å². The summed E-state index contributed by atoms with van der Waals surface area (Å²) in [5.74, 6) is 0.414. The normalized spacial score (nSPS) is 18.0. The molecule has 0 aliphatic carbocycles. The second-order valence-electron chi connectivity index (χ2n) is 7.06. The SMILES string of the molecule is Cc1cccc(-c2nccnc2[C@H]2CCCN(Cc3ccccn3)C2)c1. The Bertz CT molecular complexity index is 863. The molecule has 1 fully saturated rings. The molecule has 1 aliphatic rings. The van der Waals surface area contributed by atoms with Crippen molar-refractivity contribution in [2.24, 2.45) is 0 Å². The van der Waals surface area contributed by atoms with Gasteiger partial charge in [0.25, 0.3) is 0 Å². The van der Waals surface area contributed by atoms with Crippen molar-refractivity contribution in [3.63, 3.8) is 0 Å². The van der Waals surface area contributed by atoms with Gasteiger partial charge in [-0.1, -0.05) is 29.8 Å². The molecule has 3 heterocycles. The number of pyridine rings is 1. The molecule has 4 rings (SSSR count). The first-order valence-electron chi connectivity index (χ1n) is 9.30. The number of likely N-dealkylation sites (tertiary alicyclic amines) is 1. The molecule has 2 aromatic heterocycles. The van der Waals surface area contributed by atoms with E-state index in [-0.39, 0.29) is 0 Å². The summed E-state index contributed by atoms with van der Waals surface area (Å²) in [6.45, 7) is 5.15. The number of aryl methyl sites for hydroxylation is 1. The van der Waals surface area contributed by atoms with Crippen LogP contribution in [0.1, 0.15) is 35.7 Å². The minimum Gasteiger partial charge on any atom is -0.297 e. The molecule has 0 radical (unpaired) electrons. The van der Waals surface area contributed by atoms with E-state index in [4.69, 9.17) is 4.98 Å².